The average molecular weight is 328 g/mol. The Labute approximate surface area is 117 Å². The molecule has 0 unspecified atom stereocenters. The van der Waals surface area contributed by atoms with Crippen molar-refractivity contribution in [2.24, 2.45) is 0 Å². The van der Waals surface area contributed by atoms with Crippen molar-refractivity contribution >= 4 is 45.0 Å². The molecule has 1 aromatic heterocycles. The second-order valence-electron chi connectivity index (χ2n) is 3.50. The largest absolute Gasteiger partial charge is 0.478 e. The van der Waals surface area contributed by atoms with Crippen molar-refractivity contribution < 1.29 is 9.90 Å². The Morgan fingerprint density at radius 1 is 1.33 bits per heavy atom. The molecule has 0 spiro atoms. The normalized spacial score (nSPS) is 10.1. The van der Waals surface area contributed by atoms with Gasteiger partial charge >= 0.3 is 5.97 Å². The number of rotatable bonds is 3. The highest BCUT2D eigenvalue weighted by Crippen LogP contribution is 2.21. The molecular formula is C12H8BrClN2O2. The predicted octanol–water partition coefficient (Wildman–Crippen LogP) is 3.94. The number of anilines is 2. The molecule has 4 nitrogen and oxygen atoms in total. The molecule has 0 aliphatic rings. The quantitative estimate of drug-likeness (QED) is 0.838. The van der Waals surface area contributed by atoms with Gasteiger partial charge in [-0.15, -0.1) is 0 Å². The van der Waals surface area contributed by atoms with Crippen molar-refractivity contribution in [3.8, 4) is 0 Å². The Balaban J connectivity index is 2.31. The van der Waals surface area contributed by atoms with Crippen LogP contribution in [0.1, 0.15) is 10.4 Å². The van der Waals surface area contributed by atoms with E-state index in [0.717, 1.165) is 10.2 Å². The standard InChI is InChI=1S/C12H8BrClN2O2/c13-8-2-1-3-9(6-8)15-11-5-7(12(17)18)4-10(14)16-11/h1-6H,(H,15,16)(H,17,18). The molecule has 0 aliphatic carbocycles. The molecular weight excluding hydrogens is 320 g/mol. The van der Waals surface area contributed by atoms with Gasteiger partial charge in [-0.2, -0.15) is 0 Å². The number of halogens is 2. The minimum Gasteiger partial charge on any atom is -0.478 e. The fourth-order valence-corrected chi connectivity index (χ4v) is 2.01. The molecule has 0 aliphatic heterocycles. The minimum absolute atomic E-state index is 0.0903. The lowest BCUT2D eigenvalue weighted by Crippen LogP contribution is -2.00. The van der Waals surface area contributed by atoms with Crippen LogP contribution >= 0.6 is 27.5 Å². The number of nitrogens with zero attached hydrogens (tertiary/aromatic N) is 1. The third-order valence-corrected chi connectivity index (χ3v) is 2.82. The molecule has 0 fully saturated rings. The van der Waals surface area contributed by atoms with Gasteiger partial charge in [0.2, 0.25) is 0 Å². The zero-order chi connectivity index (χ0) is 13.1. The number of benzene rings is 1. The van der Waals surface area contributed by atoms with Gasteiger partial charge in [-0.25, -0.2) is 9.78 Å². The van der Waals surface area contributed by atoms with Gasteiger partial charge in [-0.05, 0) is 30.3 Å². The molecule has 92 valence electrons. The van der Waals surface area contributed by atoms with E-state index in [2.05, 4.69) is 26.2 Å². The molecule has 0 radical (unpaired) electrons. The lowest BCUT2D eigenvalue weighted by Gasteiger charge is -2.07. The van der Waals surface area contributed by atoms with E-state index >= 15 is 0 Å². The van der Waals surface area contributed by atoms with E-state index in [0.29, 0.717) is 5.82 Å². The van der Waals surface area contributed by atoms with Crippen LogP contribution in [0.4, 0.5) is 11.5 Å². The van der Waals surface area contributed by atoms with E-state index in [4.69, 9.17) is 16.7 Å². The molecule has 0 atom stereocenters. The molecule has 18 heavy (non-hydrogen) atoms. The maximum Gasteiger partial charge on any atom is 0.335 e. The highest BCUT2D eigenvalue weighted by molar-refractivity contribution is 9.10. The minimum atomic E-state index is -1.04. The summed E-state index contributed by atoms with van der Waals surface area (Å²) < 4.78 is 0.910. The van der Waals surface area contributed by atoms with E-state index in [1.165, 1.54) is 12.1 Å². The summed E-state index contributed by atoms with van der Waals surface area (Å²) in [5.41, 5.74) is 0.878. The van der Waals surface area contributed by atoms with Gasteiger partial charge < -0.3 is 10.4 Å². The van der Waals surface area contributed by atoms with E-state index in [1.807, 2.05) is 24.3 Å². The van der Waals surface area contributed by atoms with E-state index < -0.39 is 5.97 Å². The van der Waals surface area contributed by atoms with Crippen LogP contribution in [0.5, 0.6) is 0 Å². The molecule has 1 aromatic carbocycles. The topological polar surface area (TPSA) is 62.2 Å². The summed E-state index contributed by atoms with van der Waals surface area (Å²) in [6.45, 7) is 0. The first-order chi connectivity index (χ1) is 8.54. The van der Waals surface area contributed by atoms with Crippen molar-refractivity contribution in [3.63, 3.8) is 0 Å². The highest BCUT2D eigenvalue weighted by Gasteiger charge is 2.07. The van der Waals surface area contributed by atoms with Crippen LogP contribution < -0.4 is 5.32 Å². The fourth-order valence-electron chi connectivity index (χ4n) is 1.40. The molecule has 0 saturated carbocycles. The number of aromatic nitrogens is 1. The van der Waals surface area contributed by atoms with Crippen molar-refractivity contribution in [1.82, 2.24) is 4.98 Å². The van der Waals surface area contributed by atoms with Crippen LogP contribution in [-0.4, -0.2) is 16.1 Å². The van der Waals surface area contributed by atoms with Gasteiger partial charge in [0.15, 0.2) is 0 Å². The second-order valence-corrected chi connectivity index (χ2v) is 4.81. The smallest absolute Gasteiger partial charge is 0.335 e. The number of hydrogen-bond acceptors (Lipinski definition) is 3. The molecule has 2 N–H and O–H groups in total. The van der Waals surface area contributed by atoms with Crippen LogP contribution in [0.3, 0.4) is 0 Å². The lowest BCUT2D eigenvalue weighted by molar-refractivity contribution is 0.0697. The Hall–Kier alpha value is -1.59. The van der Waals surface area contributed by atoms with Crippen molar-refractivity contribution in [1.29, 1.82) is 0 Å². The summed E-state index contributed by atoms with van der Waals surface area (Å²) >= 11 is 9.11. The van der Waals surface area contributed by atoms with E-state index in [-0.39, 0.29) is 10.7 Å². The Morgan fingerprint density at radius 2 is 2.11 bits per heavy atom. The number of nitrogens with one attached hydrogen (secondary N) is 1. The van der Waals surface area contributed by atoms with Gasteiger partial charge in [0.05, 0.1) is 5.56 Å². The summed E-state index contributed by atoms with van der Waals surface area (Å²) in [4.78, 5) is 14.9. The number of carboxylic acids is 1. The first-order valence-corrected chi connectivity index (χ1v) is 6.15. The summed E-state index contributed by atoms with van der Waals surface area (Å²) in [6.07, 6.45) is 0. The van der Waals surface area contributed by atoms with Crippen molar-refractivity contribution in [2.75, 3.05) is 5.32 Å². The summed E-state index contributed by atoms with van der Waals surface area (Å²) in [7, 11) is 0. The maximum absolute atomic E-state index is 10.9. The third-order valence-electron chi connectivity index (χ3n) is 2.14. The molecule has 6 heteroatoms. The van der Waals surface area contributed by atoms with Crippen LogP contribution in [0, 0.1) is 0 Å². The third kappa shape index (κ3) is 3.21. The Kier molecular flexibility index (Phi) is 3.84. The number of carbonyl (C=O) groups is 1. The molecule has 2 rings (SSSR count). The van der Waals surface area contributed by atoms with Crippen LogP contribution in [0.15, 0.2) is 40.9 Å². The zero-order valence-electron chi connectivity index (χ0n) is 9.02. The van der Waals surface area contributed by atoms with Gasteiger partial charge in [0.25, 0.3) is 0 Å². The fraction of sp³-hybridized carbons (Fsp3) is 0. The molecule has 2 aromatic rings. The lowest BCUT2D eigenvalue weighted by atomic mass is 10.2. The molecule has 0 amide bonds. The first kappa shape index (κ1) is 12.9. The SMILES string of the molecule is O=C(O)c1cc(Cl)nc(Nc2cccc(Br)c2)c1. The Bertz CT molecular complexity index is 604. The van der Waals surface area contributed by atoms with Gasteiger partial charge in [-0.3, -0.25) is 0 Å². The molecule has 0 saturated heterocycles. The van der Waals surface area contributed by atoms with Crippen LogP contribution in [0.25, 0.3) is 0 Å². The van der Waals surface area contributed by atoms with Gasteiger partial charge in [0, 0.05) is 10.2 Å². The van der Waals surface area contributed by atoms with Crippen LogP contribution in [0.2, 0.25) is 5.15 Å². The number of carboxylic acid groups (broad SMARTS) is 1. The van der Waals surface area contributed by atoms with E-state index in [9.17, 15) is 4.79 Å². The monoisotopic (exact) mass is 326 g/mol. The predicted molar refractivity (Wildman–Crippen MR) is 73.6 cm³/mol. The van der Waals surface area contributed by atoms with Gasteiger partial charge in [-0.1, -0.05) is 33.6 Å². The zero-order valence-corrected chi connectivity index (χ0v) is 11.4. The van der Waals surface area contributed by atoms with Crippen LogP contribution in [-0.2, 0) is 0 Å². The van der Waals surface area contributed by atoms with E-state index in [1.54, 1.807) is 0 Å². The average Bonchev–Trinajstić information content (AvgIpc) is 2.28. The number of pyridine rings is 1. The first-order valence-electron chi connectivity index (χ1n) is 4.98. The second kappa shape index (κ2) is 5.37. The van der Waals surface area contributed by atoms with Crippen molar-refractivity contribution in [2.45, 2.75) is 0 Å². The summed E-state index contributed by atoms with van der Waals surface area (Å²) in [5, 5.41) is 12.0. The van der Waals surface area contributed by atoms with Gasteiger partial charge in [0.1, 0.15) is 11.0 Å². The highest BCUT2D eigenvalue weighted by atomic mass is 79.9. The molecule has 0 bridgehead atoms. The maximum atomic E-state index is 10.9. The number of hydrogen-bond donors (Lipinski definition) is 2. The molecule has 1 heterocycles. The van der Waals surface area contributed by atoms with Crippen molar-refractivity contribution in [3.05, 3.63) is 51.6 Å². The summed E-state index contributed by atoms with van der Waals surface area (Å²) in [6, 6.07) is 10.2. The summed E-state index contributed by atoms with van der Waals surface area (Å²) in [5.74, 6) is -0.658. The Morgan fingerprint density at radius 3 is 2.78 bits per heavy atom. The number of aromatic carboxylic acids is 1.